The lowest BCUT2D eigenvalue weighted by Gasteiger charge is -2.34. The second-order valence-electron chi connectivity index (χ2n) is 12.0. The maximum atomic E-state index is 13.6. The Kier molecular flexibility index (Phi) is 11.6. The lowest BCUT2D eigenvalue weighted by atomic mass is 9.91. The van der Waals surface area contributed by atoms with Crippen molar-refractivity contribution in [2.75, 3.05) is 20.2 Å². The summed E-state index contributed by atoms with van der Waals surface area (Å²) in [5.74, 6) is -5.54. The third-order valence-corrected chi connectivity index (χ3v) is 8.78. The van der Waals surface area contributed by atoms with E-state index in [0.29, 0.717) is 17.7 Å². The molecule has 1 aromatic heterocycles. The number of pyridine rings is 1. The normalized spacial score (nSPS) is 20.3. The molecule has 2 heterocycles. The van der Waals surface area contributed by atoms with Gasteiger partial charge in [-0.2, -0.15) is 8.78 Å². The highest BCUT2D eigenvalue weighted by molar-refractivity contribution is 5.92. The largest absolute Gasteiger partial charge is 0.484 e. The maximum Gasteiger partial charge on any atom is 0.387 e. The molecule has 1 unspecified atom stereocenters. The summed E-state index contributed by atoms with van der Waals surface area (Å²) in [6.45, 7) is -1.03. The van der Waals surface area contributed by atoms with E-state index < -0.39 is 49.2 Å². The zero-order valence-corrected chi connectivity index (χ0v) is 26.2. The van der Waals surface area contributed by atoms with Crippen LogP contribution in [-0.2, 0) is 16.1 Å². The number of benzene rings is 1. The molecule has 1 aliphatic carbocycles. The molecule has 258 valence electrons. The van der Waals surface area contributed by atoms with Gasteiger partial charge >= 0.3 is 6.61 Å². The first-order valence-corrected chi connectivity index (χ1v) is 15.3. The fourth-order valence-electron chi connectivity index (χ4n) is 6.15. The summed E-state index contributed by atoms with van der Waals surface area (Å²) in [7, 11) is 1.56. The lowest BCUT2D eigenvalue weighted by Crippen LogP contribution is -2.44. The van der Waals surface area contributed by atoms with Gasteiger partial charge in [0, 0.05) is 51.4 Å². The molecule has 3 amide bonds. The van der Waals surface area contributed by atoms with Crippen molar-refractivity contribution in [2.45, 2.75) is 89.5 Å². The number of hydrogen-bond donors (Lipinski definition) is 1. The first kappa shape index (κ1) is 35.8. The van der Waals surface area contributed by atoms with Crippen LogP contribution in [0.3, 0.4) is 0 Å². The highest BCUT2D eigenvalue weighted by atomic mass is 19.3. The number of carbonyl (C=O) groups is 3. The van der Waals surface area contributed by atoms with Crippen LogP contribution in [0.5, 0.6) is 11.5 Å². The third kappa shape index (κ3) is 9.28. The van der Waals surface area contributed by atoms with Crippen molar-refractivity contribution in [1.29, 1.82) is 0 Å². The van der Waals surface area contributed by atoms with Crippen molar-refractivity contribution in [3.63, 3.8) is 0 Å². The molecule has 3 atom stereocenters. The predicted octanol–water partition coefficient (Wildman–Crippen LogP) is 5.63. The Morgan fingerprint density at radius 2 is 1.79 bits per heavy atom. The van der Waals surface area contributed by atoms with Gasteiger partial charge in [0.05, 0.1) is 18.2 Å². The molecule has 2 fully saturated rings. The number of halogens is 6. The first-order chi connectivity index (χ1) is 22.1. The van der Waals surface area contributed by atoms with Gasteiger partial charge in [0.25, 0.3) is 12.3 Å². The van der Waals surface area contributed by atoms with Gasteiger partial charge in [-0.3, -0.25) is 14.4 Å². The van der Waals surface area contributed by atoms with Crippen LogP contribution < -0.4 is 14.8 Å². The Bertz CT molecular complexity index is 1420. The van der Waals surface area contributed by atoms with Crippen LogP contribution >= 0.6 is 0 Å². The SMILES string of the molecule is CC(=O)N1CC(c2ccc(OC(F)F)c(OCC(F)F)c2)C[C@@H]1[C@@H](C)C(=O)NCc1cccc(C(=O)N(C)C2CCC(F)(F)CC2)n1. The lowest BCUT2D eigenvalue weighted by molar-refractivity contribution is -0.133. The summed E-state index contributed by atoms with van der Waals surface area (Å²) in [6.07, 6.45) is -2.72. The molecule has 1 saturated carbocycles. The average molecular weight is 673 g/mol. The Morgan fingerprint density at radius 1 is 1.09 bits per heavy atom. The van der Waals surface area contributed by atoms with Gasteiger partial charge in [0.1, 0.15) is 12.3 Å². The van der Waals surface area contributed by atoms with E-state index in [2.05, 4.69) is 15.0 Å². The van der Waals surface area contributed by atoms with E-state index in [9.17, 15) is 40.7 Å². The van der Waals surface area contributed by atoms with Crippen LogP contribution in [0.2, 0.25) is 0 Å². The summed E-state index contributed by atoms with van der Waals surface area (Å²) in [4.78, 5) is 46.2. The van der Waals surface area contributed by atoms with Gasteiger partial charge in [-0.05, 0) is 49.1 Å². The number of carbonyl (C=O) groups excluding carboxylic acids is 3. The number of nitrogens with one attached hydrogen (secondary N) is 1. The topological polar surface area (TPSA) is 101 Å². The van der Waals surface area contributed by atoms with Crippen LogP contribution in [0, 0.1) is 5.92 Å². The number of nitrogens with zero attached hydrogens (tertiary/aromatic N) is 3. The minimum absolute atomic E-state index is 0.0175. The van der Waals surface area contributed by atoms with E-state index in [1.165, 1.54) is 41.0 Å². The standard InChI is InChI=1S/C32H38F6N4O5/c1-18(29(44)39-15-22-5-4-6-24(40-22)30(45)41(3)23-9-11-32(37,38)12-10-23)25-13-21(16-42(25)19(2)43)20-7-8-26(47-31(35)36)27(14-20)46-17-28(33)34/h4-8,14,18,21,23,25,28,31H,9-13,15-17H2,1-3H3,(H,39,44)/t18-,21?,25-/m1/s1. The number of aromatic nitrogens is 1. The molecule has 1 N–H and O–H groups in total. The second-order valence-corrected chi connectivity index (χ2v) is 12.0. The smallest absolute Gasteiger partial charge is 0.387 e. The number of hydrogen-bond acceptors (Lipinski definition) is 6. The van der Waals surface area contributed by atoms with Gasteiger partial charge in [0.15, 0.2) is 11.5 Å². The zero-order chi connectivity index (χ0) is 34.5. The number of likely N-dealkylation sites (tertiary alicyclic amines) is 1. The summed E-state index contributed by atoms with van der Waals surface area (Å²) in [5.41, 5.74) is 1.05. The quantitative estimate of drug-likeness (QED) is 0.294. The summed E-state index contributed by atoms with van der Waals surface area (Å²) < 4.78 is 87.9. The van der Waals surface area contributed by atoms with Crippen molar-refractivity contribution in [3.05, 3.63) is 53.3 Å². The van der Waals surface area contributed by atoms with Crippen LogP contribution in [-0.4, -0.2) is 83.7 Å². The molecule has 9 nitrogen and oxygen atoms in total. The average Bonchev–Trinajstić information content (AvgIpc) is 3.48. The van der Waals surface area contributed by atoms with Crippen LogP contribution in [0.1, 0.15) is 73.6 Å². The summed E-state index contributed by atoms with van der Waals surface area (Å²) in [5, 5.41) is 2.79. The second kappa shape index (κ2) is 15.2. The van der Waals surface area contributed by atoms with E-state index in [-0.39, 0.29) is 74.0 Å². The molecule has 2 aliphatic rings. The highest BCUT2D eigenvalue weighted by Crippen LogP contribution is 2.39. The van der Waals surface area contributed by atoms with Gasteiger partial charge in [-0.25, -0.2) is 22.5 Å². The Labute approximate surface area is 268 Å². The molecule has 1 saturated heterocycles. The molecule has 1 aliphatic heterocycles. The predicted molar refractivity (Wildman–Crippen MR) is 158 cm³/mol. The summed E-state index contributed by atoms with van der Waals surface area (Å²) in [6, 6.07) is 7.91. The number of amides is 3. The number of ether oxygens (including phenoxy) is 2. The molecule has 15 heteroatoms. The first-order valence-electron chi connectivity index (χ1n) is 15.3. The molecular weight excluding hydrogens is 634 g/mol. The third-order valence-electron chi connectivity index (χ3n) is 8.78. The van der Waals surface area contributed by atoms with E-state index in [1.54, 1.807) is 26.1 Å². The Balaban J connectivity index is 1.40. The van der Waals surface area contributed by atoms with E-state index in [1.807, 2.05) is 0 Å². The summed E-state index contributed by atoms with van der Waals surface area (Å²) >= 11 is 0. The fourth-order valence-corrected chi connectivity index (χ4v) is 6.15. The van der Waals surface area contributed by atoms with Crippen molar-refractivity contribution in [3.8, 4) is 11.5 Å². The van der Waals surface area contributed by atoms with Crippen molar-refractivity contribution < 1.29 is 50.2 Å². The molecule has 1 aromatic carbocycles. The zero-order valence-electron chi connectivity index (χ0n) is 26.2. The van der Waals surface area contributed by atoms with Gasteiger partial charge < -0.3 is 24.6 Å². The molecule has 4 rings (SSSR count). The monoisotopic (exact) mass is 672 g/mol. The molecule has 2 aromatic rings. The number of rotatable bonds is 12. The van der Waals surface area contributed by atoms with E-state index in [4.69, 9.17) is 4.74 Å². The molecule has 0 radical (unpaired) electrons. The Hall–Kier alpha value is -4.04. The van der Waals surface area contributed by atoms with E-state index in [0.717, 1.165) is 0 Å². The van der Waals surface area contributed by atoms with Crippen molar-refractivity contribution >= 4 is 17.7 Å². The maximum absolute atomic E-state index is 13.6. The van der Waals surface area contributed by atoms with Crippen molar-refractivity contribution in [1.82, 2.24) is 20.1 Å². The van der Waals surface area contributed by atoms with Crippen molar-refractivity contribution in [2.24, 2.45) is 5.92 Å². The van der Waals surface area contributed by atoms with Crippen LogP contribution in [0.25, 0.3) is 0 Å². The number of alkyl halides is 6. The van der Waals surface area contributed by atoms with Gasteiger partial charge in [0.2, 0.25) is 17.7 Å². The minimum atomic E-state index is -3.20. The minimum Gasteiger partial charge on any atom is -0.484 e. The van der Waals surface area contributed by atoms with Crippen LogP contribution in [0.4, 0.5) is 26.3 Å². The molecule has 0 bridgehead atoms. The highest BCUT2D eigenvalue weighted by Gasteiger charge is 2.40. The fraction of sp³-hybridized carbons (Fsp3) is 0.562. The molecule has 47 heavy (non-hydrogen) atoms. The van der Waals surface area contributed by atoms with Gasteiger partial charge in [-0.15, -0.1) is 0 Å². The molecular formula is C32H38F6N4O5. The van der Waals surface area contributed by atoms with Gasteiger partial charge in [-0.1, -0.05) is 19.1 Å². The van der Waals surface area contributed by atoms with E-state index >= 15 is 0 Å². The van der Waals surface area contributed by atoms with Crippen LogP contribution in [0.15, 0.2) is 36.4 Å². The Morgan fingerprint density at radius 3 is 2.43 bits per heavy atom. The molecule has 0 spiro atoms.